The number of carbonyl (C=O) groups is 1. The molecule has 0 spiro atoms. The van der Waals surface area contributed by atoms with Crippen LogP contribution in [-0.4, -0.2) is 64.2 Å². The van der Waals surface area contributed by atoms with E-state index in [0.29, 0.717) is 31.6 Å². The molecule has 2 aliphatic heterocycles. The summed E-state index contributed by atoms with van der Waals surface area (Å²) in [5.41, 5.74) is -0.591. The molecular formula is C29H44O7. The lowest BCUT2D eigenvalue weighted by molar-refractivity contribution is -0.260. The van der Waals surface area contributed by atoms with Crippen LogP contribution in [0.2, 0.25) is 0 Å². The van der Waals surface area contributed by atoms with Gasteiger partial charge in [0.15, 0.2) is 6.29 Å². The van der Waals surface area contributed by atoms with Crippen molar-refractivity contribution in [3.05, 3.63) is 11.6 Å². The second-order valence-electron chi connectivity index (χ2n) is 13.4. The molecule has 0 amide bonds. The van der Waals surface area contributed by atoms with Crippen molar-refractivity contribution in [2.45, 2.75) is 121 Å². The van der Waals surface area contributed by atoms with Crippen molar-refractivity contribution in [1.82, 2.24) is 0 Å². The number of ether oxygens (including phenoxy) is 3. The molecule has 2 heterocycles. The molecule has 0 aromatic heterocycles. The van der Waals surface area contributed by atoms with Crippen LogP contribution in [0.3, 0.4) is 0 Å². The van der Waals surface area contributed by atoms with Crippen LogP contribution >= 0.6 is 0 Å². The Morgan fingerprint density at radius 1 is 1.00 bits per heavy atom. The number of rotatable bonds is 3. The SMILES string of the molecule is CC1CC(O)CC(OC2CCC3(C)C(CCC4C3CC(O)C3(C)C(C5=CC(=O)OC5)CCC43O)C2)O1. The topological polar surface area (TPSA) is 105 Å². The summed E-state index contributed by atoms with van der Waals surface area (Å²) >= 11 is 0. The van der Waals surface area contributed by atoms with Gasteiger partial charge < -0.3 is 29.5 Å². The molecule has 5 fully saturated rings. The van der Waals surface area contributed by atoms with Crippen molar-refractivity contribution in [1.29, 1.82) is 0 Å². The monoisotopic (exact) mass is 504 g/mol. The zero-order chi connectivity index (χ0) is 25.5. The van der Waals surface area contributed by atoms with Crippen molar-refractivity contribution in [2.24, 2.45) is 34.5 Å². The molecule has 12 unspecified atom stereocenters. The van der Waals surface area contributed by atoms with Gasteiger partial charge >= 0.3 is 5.97 Å². The fourth-order valence-electron chi connectivity index (χ4n) is 9.85. The van der Waals surface area contributed by atoms with Crippen LogP contribution < -0.4 is 0 Å². The Bertz CT molecular complexity index is 909. The third-order valence-electron chi connectivity index (χ3n) is 11.8. The highest BCUT2D eigenvalue weighted by Gasteiger charge is 2.70. The Hall–Kier alpha value is -0.990. The minimum Gasteiger partial charge on any atom is -0.458 e. The van der Waals surface area contributed by atoms with E-state index < -0.39 is 17.1 Å². The average molecular weight is 505 g/mol. The van der Waals surface area contributed by atoms with Gasteiger partial charge in [0.2, 0.25) is 0 Å². The third kappa shape index (κ3) is 3.67. The first-order valence-electron chi connectivity index (χ1n) is 14.3. The van der Waals surface area contributed by atoms with Gasteiger partial charge in [0.1, 0.15) is 6.61 Å². The second-order valence-corrected chi connectivity index (χ2v) is 13.4. The predicted octanol–water partition coefficient (Wildman–Crippen LogP) is 3.49. The van der Waals surface area contributed by atoms with Crippen LogP contribution in [0.15, 0.2) is 11.6 Å². The summed E-state index contributed by atoms with van der Waals surface area (Å²) in [6.45, 7) is 6.74. The summed E-state index contributed by atoms with van der Waals surface area (Å²) in [6.07, 6.45) is 8.78. The van der Waals surface area contributed by atoms with Gasteiger partial charge in [-0.05, 0) is 99.4 Å². The van der Waals surface area contributed by atoms with Gasteiger partial charge in [-0.15, -0.1) is 0 Å². The Morgan fingerprint density at radius 3 is 2.53 bits per heavy atom. The second kappa shape index (κ2) is 8.77. The zero-order valence-electron chi connectivity index (χ0n) is 22.0. The normalized spacial score (nSPS) is 54.8. The van der Waals surface area contributed by atoms with Crippen molar-refractivity contribution in [2.75, 3.05) is 6.61 Å². The quantitative estimate of drug-likeness (QED) is 0.399. The third-order valence-corrected chi connectivity index (χ3v) is 11.8. The van der Waals surface area contributed by atoms with Crippen LogP contribution in [0.25, 0.3) is 0 Å². The Kier molecular flexibility index (Phi) is 6.16. The summed E-state index contributed by atoms with van der Waals surface area (Å²) in [6, 6.07) is 0. The van der Waals surface area contributed by atoms with Gasteiger partial charge in [-0.1, -0.05) is 13.8 Å². The number of cyclic esters (lactones) is 1. The predicted molar refractivity (Wildman–Crippen MR) is 132 cm³/mol. The van der Waals surface area contributed by atoms with Gasteiger partial charge in [0, 0.05) is 17.9 Å². The molecule has 4 aliphatic carbocycles. The summed E-state index contributed by atoms with van der Waals surface area (Å²) in [5, 5.41) is 34.2. The molecule has 6 aliphatic rings. The van der Waals surface area contributed by atoms with E-state index in [0.717, 1.165) is 44.1 Å². The lowest BCUT2D eigenvalue weighted by Gasteiger charge is -2.65. The average Bonchev–Trinajstić information content (AvgIpc) is 3.35. The van der Waals surface area contributed by atoms with Crippen LogP contribution in [0.4, 0.5) is 0 Å². The van der Waals surface area contributed by atoms with Gasteiger partial charge in [-0.25, -0.2) is 4.79 Å². The maximum Gasteiger partial charge on any atom is 0.331 e. The number of fused-ring (bicyclic) bond motifs is 5. The highest BCUT2D eigenvalue weighted by Crippen LogP contribution is 2.70. The van der Waals surface area contributed by atoms with Crippen LogP contribution in [0.1, 0.15) is 85.0 Å². The minimum absolute atomic E-state index is 0.0155. The number of aliphatic hydroxyl groups excluding tert-OH is 2. The fourth-order valence-corrected chi connectivity index (χ4v) is 9.85. The van der Waals surface area contributed by atoms with Crippen molar-refractivity contribution < 1.29 is 34.3 Å². The minimum atomic E-state index is -0.935. The molecule has 0 bridgehead atoms. The molecule has 7 heteroatoms. The van der Waals surface area contributed by atoms with E-state index in [-0.39, 0.29) is 60.3 Å². The van der Waals surface area contributed by atoms with Gasteiger partial charge in [0.25, 0.3) is 0 Å². The zero-order valence-corrected chi connectivity index (χ0v) is 22.0. The highest BCUT2D eigenvalue weighted by molar-refractivity contribution is 5.85. The standard InChI is InChI=1S/C29H44O7/c1-16-10-19(30)13-26(35-16)36-20-6-8-27(2)18(12-20)4-5-22-23(27)14-24(31)28(3)21(7-9-29(22,28)33)17-11-25(32)34-15-17/h11,16,18-24,26,30-31,33H,4-10,12-15H2,1-3H3. The lowest BCUT2D eigenvalue weighted by Crippen LogP contribution is -2.67. The Balaban J connectivity index is 1.20. The number of hydrogen-bond donors (Lipinski definition) is 3. The molecule has 12 atom stereocenters. The molecule has 7 nitrogen and oxygen atoms in total. The maximum atomic E-state index is 12.4. The van der Waals surface area contributed by atoms with Gasteiger partial charge in [-0.2, -0.15) is 0 Å². The first-order chi connectivity index (χ1) is 17.0. The van der Waals surface area contributed by atoms with E-state index in [4.69, 9.17) is 14.2 Å². The molecule has 36 heavy (non-hydrogen) atoms. The molecule has 4 saturated carbocycles. The maximum absolute atomic E-state index is 12.4. The van der Waals surface area contributed by atoms with Gasteiger partial charge in [0.05, 0.1) is 30.0 Å². The lowest BCUT2D eigenvalue weighted by atomic mass is 9.42. The summed E-state index contributed by atoms with van der Waals surface area (Å²) in [4.78, 5) is 11.8. The summed E-state index contributed by atoms with van der Waals surface area (Å²) in [7, 11) is 0. The van der Waals surface area contributed by atoms with Crippen LogP contribution in [0, 0.1) is 34.5 Å². The van der Waals surface area contributed by atoms with E-state index in [1.54, 1.807) is 6.08 Å². The van der Waals surface area contributed by atoms with Crippen molar-refractivity contribution >= 4 is 5.97 Å². The smallest absolute Gasteiger partial charge is 0.331 e. The van der Waals surface area contributed by atoms with Crippen molar-refractivity contribution in [3.63, 3.8) is 0 Å². The Labute approximate surface area is 214 Å². The molecule has 0 aromatic rings. The first-order valence-corrected chi connectivity index (χ1v) is 14.3. The van der Waals surface area contributed by atoms with E-state index in [2.05, 4.69) is 13.8 Å². The fraction of sp³-hybridized carbons (Fsp3) is 0.897. The largest absolute Gasteiger partial charge is 0.458 e. The summed E-state index contributed by atoms with van der Waals surface area (Å²) in [5.74, 6) is 0.595. The van der Waals surface area contributed by atoms with E-state index in [9.17, 15) is 20.1 Å². The molecule has 0 aromatic carbocycles. The molecule has 202 valence electrons. The van der Waals surface area contributed by atoms with E-state index >= 15 is 0 Å². The molecule has 1 saturated heterocycles. The van der Waals surface area contributed by atoms with Crippen molar-refractivity contribution in [3.8, 4) is 0 Å². The van der Waals surface area contributed by atoms with Gasteiger partial charge in [-0.3, -0.25) is 0 Å². The van der Waals surface area contributed by atoms with Crippen LogP contribution in [-0.2, 0) is 19.0 Å². The summed E-state index contributed by atoms with van der Waals surface area (Å²) < 4.78 is 17.6. The first kappa shape index (κ1) is 25.3. The molecular weight excluding hydrogens is 460 g/mol. The molecule has 3 N–H and O–H groups in total. The number of carbonyl (C=O) groups excluding carboxylic acids is 1. The highest BCUT2D eigenvalue weighted by atomic mass is 16.7. The van der Waals surface area contributed by atoms with E-state index in [1.807, 2.05) is 6.92 Å². The van der Waals surface area contributed by atoms with E-state index in [1.165, 1.54) is 0 Å². The molecule has 6 rings (SSSR count). The Morgan fingerprint density at radius 2 is 1.81 bits per heavy atom. The number of aliphatic hydroxyl groups is 3. The number of hydrogen-bond acceptors (Lipinski definition) is 7. The number of esters is 1. The van der Waals surface area contributed by atoms with Crippen LogP contribution in [0.5, 0.6) is 0 Å². The molecule has 0 radical (unpaired) electrons.